The normalized spacial score (nSPS) is 11.3. The van der Waals surface area contributed by atoms with Crippen LogP contribution in [0, 0.1) is 6.92 Å². The fourth-order valence-corrected chi connectivity index (χ4v) is 4.24. The average molecular weight is 323 g/mol. The molecule has 5 heteroatoms. The molecule has 0 aliphatic heterocycles. The SMILES string of the molecule is Cc1nc2ccccc2nc1SCc1nc2ccccc2s1. The summed E-state index contributed by atoms with van der Waals surface area (Å²) >= 11 is 3.45. The predicted molar refractivity (Wildman–Crippen MR) is 93.5 cm³/mol. The molecule has 0 spiro atoms. The fourth-order valence-electron chi connectivity index (χ4n) is 2.32. The lowest BCUT2D eigenvalue weighted by atomic mass is 10.3. The van der Waals surface area contributed by atoms with E-state index in [9.17, 15) is 0 Å². The third-order valence-corrected chi connectivity index (χ3v) is 5.67. The van der Waals surface area contributed by atoms with Gasteiger partial charge in [0.25, 0.3) is 0 Å². The van der Waals surface area contributed by atoms with Crippen molar-refractivity contribution in [1.82, 2.24) is 15.0 Å². The van der Waals surface area contributed by atoms with Crippen LogP contribution >= 0.6 is 23.1 Å². The van der Waals surface area contributed by atoms with Crippen molar-refractivity contribution in [3.8, 4) is 0 Å². The highest BCUT2D eigenvalue weighted by atomic mass is 32.2. The Morgan fingerprint density at radius 1 is 0.864 bits per heavy atom. The Bertz CT molecular complexity index is 929. The zero-order chi connectivity index (χ0) is 14.9. The maximum absolute atomic E-state index is 4.72. The Hall–Kier alpha value is -1.98. The zero-order valence-corrected chi connectivity index (χ0v) is 13.6. The van der Waals surface area contributed by atoms with Crippen LogP contribution in [0.5, 0.6) is 0 Å². The largest absolute Gasteiger partial charge is 0.249 e. The monoisotopic (exact) mass is 323 g/mol. The van der Waals surface area contributed by atoms with Gasteiger partial charge in [-0.25, -0.2) is 15.0 Å². The Labute approximate surface area is 136 Å². The predicted octanol–water partition coefficient (Wildman–Crippen LogP) is 4.84. The first-order valence-corrected chi connectivity index (χ1v) is 8.80. The molecule has 0 unspecified atom stereocenters. The van der Waals surface area contributed by atoms with E-state index < -0.39 is 0 Å². The van der Waals surface area contributed by atoms with Crippen molar-refractivity contribution in [2.45, 2.75) is 17.7 Å². The minimum atomic E-state index is 0.827. The molecular weight excluding hydrogens is 310 g/mol. The summed E-state index contributed by atoms with van der Waals surface area (Å²) < 4.78 is 1.24. The molecule has 2 aromatic heterocycles. The molecule has 0 fully saturated rings. The first-order valence-electron chi connectivity index (χ1n) is 7.00. The number of nitrogens with zero attached hydrogens (tertiary/aromatic N) is 3. The van der Waals surface area contributed by atoms with Crippen LogP contribution < -0.4 is 0 Å². The second-order valence-corrected chi connectivity index (χ2v) is 7.05. The number of hydrogen-bond donors (Lipinski definition) is 0. The van der Waals surface area contributed by atoms with Crippen molar-refractivity contribution in [3.05, 3.63) is 59.2 Å². The van der Waals surface area contributed by atoms with Crippen LogP contribution in [0.4, 0.5) is 0 Å². The molecule has 0 amide bonds. The van der Waals surface area contributed by atoms with Crippen molar-refractivity contribution in [3.63, 3.8) is 0 Å². The quantitative estimate of drug-likeness (QED) is 0.506. The van der Waals surface area contributed by atoms with Gasteiger partial charge in [0.15, 0.2) is 0 Å². The van der Waals surface area contributed by atoms with Crippen LogP contribution in [0.15, 0.2) is 53.6 Å². The lowest BCUT2D eigenvalue weighted by Gasteiger charge is -2.04. The van der Waals surface area contributed by atoms with E-state index in [4.69, 9.17) is 4.98 Å². The lowest BCUT2D eigenvalue weighted by Crippen LogP contribution is -1.93. The van der Waals surface area contributed by atoms with Crippen LogP contribution in [-0.4, -0.2) is 15.0 Å². The average Bonchev–Trinajstić information content (AvgIpc) is 2.95. The van der Waals surface area contributed by atoms with Crippen molar-refractivity contribution >= 4 is 44.3 Å². The molecule has 0 atom stereocenters. The molecule has 22 heavy (non-hydrogen) atoms. The highest BCUT2D eigenvalue weighted by molar-refractivity contribution is 7.98. The van der Waals surface area contributed by atoms with Gasteiger partial charge in [0.05, 0.1) is 32.7 Å². The van der Waals surface area contributed by atoms with E-state index in [0.717, 1.165) is 38.0 Å². The number of rotatable bonds is 3. The second kappa shape index (κ2) is 5.66. The number of thiazole rings is 1. The van der Waals surface area contributed by atoms with Crippen LogP contribution in [0.3, 0.4) is 0 Å². The summed E-state index contributed by atoms with van der Waals surface area (Å²) in [4.78, 5) is 14.0. The van der Waals surface area contributed by atoms with E-state index in [1.807, 2.05) is 37.3 Å². The number of aromatic nitrogens is 3. The van der Waals surface area contributed by atoms with Gasteiger partial charge in [0, 0.05) is 0 Å². The van der Waals surface area contributed by atoms with E-state index in [0.29, 0.717) is 0 Å². The van der Waals surface area contributed by atoms with E-state index in [2.05, 4.69) is 28.2 Å². The van der Waals surface area contributed by atoms with Crippen molar-refractivity contribution in [2.24, 2.45) is 0 Å². The molecule has 4 rings (SSSR count). The standard InChI is InChI=1S/C17H13N3S2/c1-11-17(20-13-7-3-2-6-12(13)18-11)21-10-16-19-14-8-4-5-9-15(14)22-16/h2-9H,10H2,1H3. The molecule has 0 saturated heterocycles. The third kappa shape index (κ3) is 2.58. The number of benzene rings is 2. The highest BCUT2D eigenvalue weighted by Crippen LogP contribution is 2.29. The Kier molecular flexibility index (Phi) is 3.52. The minimum Gasteiger partial charge on any atom is -0.249 e. The molecule has 3 nitrogen and oxygen atoms in total. The van der Waals surface area contributed by atoms with Crippen molar-refractivity contribution in [2.75, 3.05) is 0 Å². The molecule has 108 valence electrons. The Morgan fingerprint density at radius 2 is 1.55 bits per heavy atom. The van der Waals surface area contributed by atoms with E-state index in [1.54, 1.807) is 23.1 Å². The number of fused-ring (bicyclic) bond motifs is 2. The van der Waals surface area contributed by atoms with Gasteiger partial charge in [-0.15, -0.1) is 11.3 Å². The zero-order valence-electron chi connectivity index (χ0n) is 12.0. The van der Waals surface area contributed by atoms with Crippen LogP contribution in [0.2, 0.25) is 0 Å². The summed E-state index contributed by atoms with van der Waals surface area (Å²) in [6.07, 6.45) is 0. The minimum absolute atomic E-state index is 0.827. The number of aryl methyl sites for hydroxylation is 1. The van der Waals surface area contributed by atoms with Crippen molar-refractivity contribution < 1.29 is 0 Å². The first-order chi connectivity index (χ1) is 10.8. The van der Waals surface area contributed by atoms with E-state index in [1.165, 1.54) is 4.70 Å². The van der Waals surface area contributed by atoms with Crippen molar-refractivity contribution in [1.29, 1.82) is 0 Å². The maximum Gasteiger partial charge on any atom is 0.118 e. The van der Waals surface area contributed by atoms with E-state index in [-0.39, 0.29) is 0 Å². The summed E-state index contributed by atoms with van der Waals surface area (Å²) in [5, 5.41) is 2.11. The molecule has 0 radical (unpaired) electrons. The molecule has 0 bridgehead atoms. The molecule has 0 aliphatic carbocycles. The molecule has 0 N–H and O–H groups in total. The van der Waals surface area contributed by atoms with E-state index >= 15 is 0 Å². The van der Waals surface area contributed by atoms with Gasteiger partial charge in [-0.2, -0.15) is 0 Å². The molecule has 4 aromatic rings. The summed E-state index contributed by atoms with van der Waals surface area (Å²) in [6.45, 7) is 2.01. The Morgan fingerprint density at radius 3 is 2.32 bits per heavy atom. The Balaban J connectivity index is 1.61. The number of para-hydroxylation sites is 3. The molecular formula is C17H13N3S2. The van der Waals surface area contributed by atoms with Crippen LogP contribution in [0.1, 0.15) is 10.7 Å². The maximum atomic E-state index is 4.72. The van der Waals surface area contributed by atoms with Gasteiger partial charge < -0.3 is 0 Å². The van der Waals surface area contributed by atoms with Gasteiger partial charge >= 0.3 is 0 Å². The van der Waals surface area contributed by atoms with Crippen LogP contribution in [0.25, 0.3) is 21.3 Å². The molecule has 0 aliphatic rings. The van der Waals surface area contributed by atoms with Gasteiger partial charge in [-0.05, 0) is 31.2 Å². The van der Waals surface area contributed by atoms with Gasteiger partial charge in [-0.1, -0.05) is 36.0 Å². The van der Waals surface area contributed by atoms with Crippen LogP contribution in [-0.2, 0) is 5.75 Å². The fraction of sp³-hybridized carbons (Fsp3) is 0.118. The molecule has 2 aromatic carbocycles. The lowest BCUT2D eigenvalue weighted by molar-refractivity contribution is 1.04. The number of hydrogen-bond acceptors (Lipinski definition) is 5. The molecule has 0 saturated carbocycles. The second-order valence-electron chi connectivity index (χ2n) is 4.97. The summed E-state index contributed by atoms with van der Waals surface area (Å²) in [6, 6.07) is 16.2. The van der Waals surface area contributed by atoms with Gasteiger partial charge in [0.2, 0.25) is 0 Å². The first kappa shape index (κ1) is 13.7. The molecule has 2 heterocycles. The smallest absolute Gasteiger partial charge is 0.118 e. The number of thioether (sulfide) groups is 1. The highest BCUT2D eigenvalue weighted by Gasteiger charge is 2.08. The summed E-state index contributed by atoms with van der Waals surface area (Å²) in [5.41, 5.74) is 3.94. The van der Waals surface area contributed by atoms with Gasteiger partial charge in [-0.3, -0.25) is 0 Å². The summed E-state index contributed by atoms with van der Waals surface area (Å²) in [5.74, 6) is 0.827. The summed E-state index contributed by atoms with van der Waals surface area (Å²) in [7, 11) is 0. The topological polar surface area (TPSA) is 38.7 Å². The van der Waals surface area contributed by atoms with Gasteiger partial charge in [0.1, 0.15) is 10.0 Å². The third-order valence-electron chi connectivity index (χ3n) is 3.37.